The number of halogens is 3. The number of sulfonamides is 1. The quantitative estimate of drug-likeness (QED) is 0.629. The second-order valence-corrected chi connectivity index (χ2v) is 8.76. The van der Waals surface area contributed by atoms with Crippen molar-refractivity contribution in [3.63, 3.8) is 0 Å². The van der Waals surface area contributed by atoms with E-state index in [1.54, 1.807) is 12.1 Å². The van der Waals surface area contributed by atoms with Gasteiger partial charge < -0.3 is 4.74 Å². The van der Waals surface area contributed by atoms with Crippen LogP contribution in [0.15, 0.2) is 27.6 Å². The first-order valence-corrected chi connectivity index (χ1v) is 10.3. The molecule has 1 aliphatic heterocycles. The number of hydrogen-bond acceptors (Lipinski definition) is 3. The second-order valence-electron chi connectivity index (χ2n) is 4.74. The highest BCUT2D eigenvalue weighted by Crippen LogP contribution is 2.29. The van der Waals surface area contributed by atoms with E-state index in [9.17, 15) is 8.42 Å². The lowest BCUT2D eigenvalue weighted by Crippen LogP contribution is -2.41. The fraction of sp³-hybridized carbons (Fsp3) is 0.538. The highest BCUT2D eigenvalue weighted by Gasteiger charge is 2.31. The van der Waals surface area contributed by atoms with E-state index in [-0.39, 0.29) is 16.0 Å². The Morgan fingerprint density at radius 1 is 1.33 bits per heavy atom. The number of nitrogens with zero attached hydrogens (tertiary/aromatic N) is 1. The minimum absolute atomic E-state index is 0.134. The molecule has 118 valence electrons. The molecule has 0 amide bonds. The van der Waals surface area contributed by atoms with Crippen molar-refractivity contribution in [3.05, 3.63) is 27.7 Å². The molecular formula is C13H16Br2ClNO3S. The molecule has 8 heteroatoms. The third-order valence-electron chi connectivity index (χ3n) is 3.34. The monoisotopic (exact) mass is 459 g/mol. The van der Waals surface area contributed by atoms with E-state index in [0.717, 1.165) is 9.80 Å². The maximum absolute atomic E-state index is 12.6. The predicted octanol–water partition coefficient (Wildman–Crippen LogP) is 3.67. The summed E-state index contributed by atoms with van der Waals surface area (Å²) in [6.07, 6.45) is 1.55. The van der Waals surface area contributed by atoms with E-state index in [1.807, 2.05) is 0 Å². The van der Waals surface area contributed by atoms with Gasteiger partial charge in [0.05, 0.1) is 17.7 Å². The van der Waals surface area contributed by atoms with Gasteiger partial charge in [-0.2, -0.15) is 4.31 Å². The van der Waals surface area contributed by atoms with Crippen LogP contribution in [0.3, 0.4) is 0 Å². The fourth-order valence-electron chi connectivity index (χ4n) is 2.27. The molecule has 4 nitrogen and oxygen atoms in total. The van der Waals surface area contributed by atoms with Crippen LogP contribution in [-0.4, -0.2) is 43.9 Å². The van der Waals surface area contributed by atoms with Crippen molar-refractivity contribution in [3.8, 4) is 0 Å². The zero-order valence-electron chi connectivity index (χ0n) is 11.3. The van der Waals surface area contributed by atoms with E-state index in [1.165, 1.54) is 10.4 Å². The van der Waals surface area contributed by atoms with Gasteiger partial charge in [-0.05, 0) is 31.0 Å². The largest absolute Gasteiger partial charge is 0.377 e. The van der Waals surface area contributed by atoms with Gasteiger partial charge in [0.2, 0.25) is 10.0 Å². The molecule has 0 unspecified atom stereocenters. The van der Waals surface area contributed by atoms with Crippen molar-refractivity contribution in [2.24, 2.45) is 0 Å². The first-order chi connectivity index (χ1) is 9.95. The van der Waals surface area contributed by atoms with Crippen LogP contribution in [0.5, 0.6) is 0 Å². The molecule has 21 heavy (non-hydrogen) atoms. The smallest absolute Gasteiger partial charge is 0.244 e. The summed E-state index contributed by atoms with van der Waals surface area (Å²) >= 11 is 12.7. The van der Waals surface area contributed by atoms with Gasteiger partial charge in [-0.1, -0.05) is 43.5 Å². The van der Waals surface area contributed by atoms with E-state index in [2.05, 4.69) is 31.9 Å². The van der Waals surface area contributed by atoms with Crippen LogP contribution >= 0.6 is 43.5 Å². The van der Waals surface area contributed by atoms with Crippen molar-refractivity contribution in [2.45, 2.75) is 23.8 Å². The Hall–Kier alpha value is 0.340. The first-order valence-electron chi connectivity index (χ1n) is 6.58. The molecule has 2 rings (SSSR count). The molecular weight excluding hydrogens is 445 g/mol. The minimum Gasteiger partial charge on any atom is -0.377 e. The van der Waals surface area contributed by atoms with E-state index >= 15 is 0 Å². The lowest BCUT2D eigenvalue weighted by atomic mass is 10.1. The Balaban J connectivity index is 2.08. The van der Waals surface area contributed by atoms with Crippen LogP contribution in [-0.2, 0) is 14.8 Å². The lowest BCUT2D eigenvalue weighted by Gasteiger charge is -2.31. The van der Waals surface area contributed by atoms with Gasteiger partial charge in [-0.3, -0.25) is 0 Å². The van der Waals surface area contributed by atoms with Crippen molar-refractivity contribution in [1.29, 1.82) is 0 Å². The summed E-state index contributed by atoms with van der Waals surface area (Å²) in [5.74, 6) is 0. The van der Waals surface area contributed by atoms with Gasteiger partial charge >= 0.3 is 0 Å². The molecule has 0 atom stereocenters. The zero-order chi connectivity index (χ0) is 15.5. The summed E-state index contributed by atoms with van der Waals surface area (Å²) in [7, 11) is -3.54. The van der Waals surface area contributed by atoms with Gasteiger partial charge in [-0.25, -0.2) is 8.42 Å². The Morgan fingerprint density at radius 3 is 2.57 bits per heavy atom. The summed E-state index contributed by atoms with van der Waals surface area (Å²) < 4.78 is 33.1. The summed E-state index contributed by atoms with van der Waals surface area (Å²) in [6, 6.07) is 4.82. The highest BCUT2D eigenvalue weighted by molar-refractivity contribution is 9.10. The molecule has 0 aliphatic carbocycles. The molecule has 0 aromatic heterocycles. The predicted molar refractivity (Wildman–Crippen MR) is 90.7 cm³/mol. The molecule has 0 spiro atoms. The van der Waals surface area contributed by atoms with E-state index < -0.39 is 10.0 Å². The fourth-order valence-corrected chi connectivity index (χ4v) is 4.94. The molecule has 0 saturated carbocycles. The number of alkyl halides is 1. The Bertz CT molecular complexity index is 589. The molecule has 1 heterocycles. The third kappa shape index (κ3) is 4.42. The molecule has 0 N–H and O–H groups in total. The van der Waals surface area contributed by atoms with Crippen molar-refractivity contribution < 1.29 is 13.2 Å². The van der Waals surface area contributed by atoms with Gasteiger partial charge in [0.1, 0.15) is 4.90 Å². The van der Waals surface area contributed by atoms with Crippen LogP contribution < -0.4 is 0 Å². The number of benzene rings is 1. The van der Waals surface area contributed by atoms with E-state index in [0.29, 0.717) is 32.5 Å². The van der Waals surface area contributed by atoms with Crippen molar-refractivity contribution in [1.82, 2.24) is 4.31 Å². The van der Waals surface area contributed by atoms with Gasteiger partial charge in [-0.15, -0.1) is 0 Å². The molecule has 1 saturated heterocycles. The summed E-state index contributed by atoms with van der Waals surface area (Å²) in [6.45, 7) is 1.57. The standard InChI is InChI=1S/C13H16Br2ClNO3S/c14-5-8-20-11-3-6-17(7-4-11)21(18,19)13-2-1-10(15)9-12(13)16/h1-2,9,11H,3-8H2. The van der Waals surface area contributed by atoms with Crippen molar-refractivity contribution in [2.75, 3.05) is 25.0 Å². The molecule has 1 aliphatic rings. The normalized spacial score (nSPS) is 18.0. The maximum Gasteiger partial charge on any atom is 0.244 e. The summed E-state index contributed by atoms with van der Waals surface area (Å²) in [5.41, 5.74) is 0. The third-order valence-corrected chi connectivity index (χ3v) is 6.54. The Kier molecular flexibility index (Phi) is 6.52. The van der Waals surface area contributed by atoms with Gasteiger partial charge in [0.25, 0.3) is 0 Å². The van der Waals surface area contributed by atoms with Crippen LogP contribution in [0.1, 0.15) is 12.8 Å². The van der Waals surface area contributed by atoms with E-state index in [4.69, 9.17) is 16.3 Å². The Morgan fingerprint density at radius 2 is 2.00 bits per heavy atom. The maximum atomic E-state index is 12.6. The molecule has 1 fully saturated rings. The SMILES string of the molecule is O=S(=O)(c1ccc(Br)cc1Cl)N1CCC(OCCBr)CC1. The average molecular weight is 462 g/mol. The molecule has 0 bridgehead atoms. The molecule has 1 aromatic rings. The van der Waals surface area contributed by atoms with Crippen LogP contribution in [0.2, 0.25) is 5.02 Å². The zero-order valence-corrected chi connectivity index (χ0v) is 16.0. The number of rotatable bonds is 5. The molecule has 0 radical (unpaired) electrons. The first kappa shape index (κ1) is 17.7. The summed E-state index contributed by atoms with van der Waals surface area (Å²) in [5, 5.41) is 1.03. The number of piperidine rings is 1. The lowest BCUT2D eigenvalue weighted by molar-refractivity contribution is 0.0309. The number of ether oxygens (including phenoxy) is 1. The number of hydrogen-bond donors (Lipinski definition) is 0. The van der Waals surface area contributed by atoms with Gasteiger partial charge in [0.15, 0.2) is 0 Å². The Labute approximate surface area is 147 Å². The second kappa shape index (κ2) is 7.75. The van der Waals surface area contributed by atoms with Crippen LogP contribution in [0.25, 0.3) is 0 Å². The van der Waals surface area contributed by atoms with Crippen molar-refractivity contribution >= 4 is 53.5 Å². The summed E-state index contributed by atoms with van der Waals surface area (Å²) in [4.78, 5) is 0.159. The molecule has 1 aromatic carbocycles. The van der Waals surface area contributed by atoms with Gasteiger partial charge in [0, 0.05) is 22.9 Å². The minimum atomic E-state index is -3.54. The highest BCUT2D eigenvalue weighted by atomic mass is 79.9. The topological polar surface area (TPSA) is 46.6 Å². The van der Waals surface area contributed by atoms with Crippen LogP contribution in [0, 0.1) is 0 Å². The average Bonchev–Trinajstić information content (AvgIpc) is 2.45. The van der Waals surface area contributed by atoms with Crippen LogP contribution in [0.4, 0.5) is 0 Å².